The Kier molecular flexibility index (Phi) is 15.8. The topological polar surface area (TPSA) is 12.4 Å². The standard InChI is InChI=1S/C15H20.C7H13N.C4H6/c1-6-14(7-11(2)3)15-9-12(4)8-13(5)10-15;1-6(2)7(3)5-8-4;1-3-4-2/h6-10H,1-5H3;5H,1-4H3;1-2H3/b14-6+;;. The molecule has 0 aliphatic rings. The van der Waals surface area contributed by atoms with E-state index in [1.165, 1.54) is 39.0 Å². The van der Waals surface area contributed by atoms with E-state index in [-0.39, 0.29) is 0 Å². The van der Waals surface area contributed by atoms with Crippen LogP contribution in [0.25, 0.3) is 5.57 Å². The SMILES string of the molecule is C/C=C(\C=C(C)C)c1cc(C)cc(C)c1.CC#CC.CN=CC(C)=C(C)C. The zero-order valence-electron chi connectivity index (χ0n) is 19.4. The van der Waals surface area contributed by atoms with E-state index < -0.39 is 0 Å². The molecule has 0 saturated carbocycles. The number of hydrogen-bond acceptors (Lipinski definition) is 1. The van der Waals surface area contributed by atoms with Crippen LogP contribution < -0.4 is 0 Å². The van der Waals surface area contributed by atoms with Crippen molar-refractivity contribution in [3.05, 3.63) is 63.8 Å². The van der Waals surface area contributed by atoms with E-state index in [2.05, 4.69) is 103 Å². The minimum atomic E-state index is 1.26. The fraction of sp³-hybridized carbons (Fsp3) is 0.423. The quantitative estimate of drug-likeness (QED) is 0.295. The molecule has 1 aromatic carbocycles. The fourth-order valence-electron chi connectivity index (χ4n) is 2.11. The Morgan fingerprint density at radius 3 is 1.63 bits per heavy atom. The Morgan fingerprint density at radius 2 is 1.37 bits per heavy atom. The van der Waals surface area contributed by atoms with Gasteiger partial charge in [0.15, 0.2) is 0 Å². The van der Waals surface area contributed by atoms with Crippen molar-refractivity contribution < 1.29 is 0 Å². The molecule has 1 heteroatoms. The first-order chi connectivity index (χ1) is 12.6. The third-order valence-corrected chi connectivity index (χ3v) is 3.67. The van der Waals surface area contributed by atoms with E-state index in [0.29, 0.717) is 0 Å². The molecule has 1 rings (SSSR count). The van der Waals surface area contributed by atoms with Gasteiger partial charge in [-0.05, 0) is 85.9 Å². The first-order valence-electron chi connectivity index (χ1n) is 9.42. The largest absolute Gasteiger partial charge is 0.296 e. The summed E-state index contributed by atoms with van der Waals surface area (Å²) in [4.78, 5) is 3.87. The van der Waals surface area contributed by atoms with Crippen molar-refractivity contribution in [3.8, 4) is 11.8 Å². The molecule has 0 heterocycles. The minimum absolute atomic E-state index is 1.26. The number of allylic oxidation sites excluding steroid dienone is 6. The van der Waals surface area contributed by atoms with Gasteiger partial charge in [0, 0.05) is 13.3 Å². The molecular weight excluding hydrogens is 326 g/mol. The van der Waals surface area contributed by atoms with Crippen molar-refractivity contribution in [1.82, 2.24) is 0 Å². The first-order valence-corrected chi connectivity index (χ1v) is 9.42. The lowest BCUT2D eigenvalue weighted by Gasteiger charge is -2.06. The second-order valence-corrected chi connectivity index (χ2v) is 6.91. The van der Waals surface area contributed by atoms with Gasteiger partial charge in [0.25, 0.3) is 0 Å². The van der Waals surface area contributed by atoms with Crippen molar-refractivity contribution in [2.24, 2.45) is 4.99 Å². The molecule has 0 spiro atoms. The van der Waals surface area contributed by atoms with Crippen molar-refractivity contribution in [2.45, 2.75) is 69.2 Å². The summed E-state index contributed by atoms with van der Waals surface area (Å²) in [5.41, 5.74) is 9.20. The van der Waals surface area contributed by atoms with Crippen LogP contribution in [0.3, 0.4) is 0 Å². The number of aryl methyl sites for hydroxylation is 2. The average molecular weight is 366 g/mol. The second kappa shape index (κ2) is 15.9. The molecule has 0 aromatic heterocycles. The van der Waals surface area contributed by atoms with Crippen LogP contribution in [-0.2, 0) is 0 Å². The van der Waals surface area contributed by atoms with E-state index >= 15 is 0 Å². The highest BCUT2D eigenvalue weighted by molar-refractivity contribution is 5.78. The third kappa shape index (κ3) is 14.5. The maximum Gasteiger partial charge on any atom is 0.0277 e. The molecule has 0 amide bonds. The summed E-state index contributed by atoms with van der Waals surface area (Å²) in [6.45, 7) is 20.5. The van der Waals surface area contributed by atoms with E-state index in [1.807, 2.05) is 20.1 Å². The predicted octanol–water partition coefficient (Wildman–Crippen LogP) is 7.75. The summed E-state index contributed by atoms with van der Waals surface area (Å²) in [5, 5.41) is 0. The van der Waals surface area contributed by atoms with Gasteiger partial charge in [-0.25, -0.2) is 0 Å². The number of nitrogens with zero attached hydrogens (tertiary/aromatic N) is 1. The Hall–Kier alpha value is -2.33. The van der Waals surface area contributed by atoms with Gasteiger partial charge in [0.05, 0.1) is 0 Å². The Bertz CT molecular complexity index is 710. The van der Waals surface area contributed by atoms with Gasteiger partial charge >= 0.3 is 0 Å². The van der Waals surface area contributed by atoms with Crippen LogP contribution in [0, 0.1) is 25.7 Å². The van der Waals surface area contributed by atoms with E-state index in [1.54, 1.807) is 7.05 Å². The zero-order valence-corrected chi connectivity index (χ0v) is 19.4. The van der Waals surface area contributed by atoms with Crippen molar-refractivity contribution >= 4 is 11.8 Å². The van der Waals surface area contributed by atoms with E-state index in [9.17, 15) is 0 Å². The Morgan fingerprint density at radius 1 is 0.889 bits per heavy atom. The van der Waals surface area contributed by atoms with Gasteiger partial charge in [-0.1, -0.05) is 52.6 Å². The summed E-state index contributed by atoms with van der Waals surface area (Å²) in [6, 6.07) is 6.68. The lowest BCUT2D eigenvalue weighted by atomic mass is 9.99. The van der Waals surface area contributed by atoms with Crippen molar-refractivity contribution in [1.29, 1.82) is 0 Å². The normalized spacial score (nSPS) is 9.81. The second-order valence-electron chi connectivity index (χ2n) is 6.91. The van der Waals surface area contributed by atoms with Crippen LogP contribution in [0.15, 0.2) is 52.1 Å². The van der Waals surface area contributed by atoms with Gasteiger partial charge in [0.2, 0.25) is 0 Å². The molecule has 0 aliphatic heterocycles. The summed E-state index contributed by atoms with van der Waals surface area (Å²) in [6.07, 6.45) is 6.27. The average Bonchev–Trinajstić information content (AvgIpc) is 2.59. The number of rotatable bonds is 3. The van der Waals surface area contributed by atoms with Crippen LogP contribution in [0.5, 0.6) is 0 Å². The number of aliphatic imine (C=N–C) groups is 1. The molecule has 0 unspecified atom stereocenters. The molecular formula is C26H39N. The predicted molar refractivity (Wildman–Crippen MR) is 127 cm³/mol. The molecule has 148 valence electrons. The van der Waals surface area contributed by atoms with Crippen molar-refractivity contribution in [3.63, 3.8) is 0 Å². The molecule has 27 heavy (non-hydrogen) atoms. The lowest BCUT2D eigenvalue weighted by molar-refractivity contribution is 1.31. The van der Waals surface area contributed by atoms with Gasteiger partial charge in [-0.15, -0.1) is 11.8 Å². The highest BCUT2D eigenvalue weighted by Gasteiger charge is 1.99. The first kappa shape index (κ1) is 26.9. The Labute approximate surface area is 169 Å². The van der Waals surface area contributed by atoms with E-state index in [4.69, 9.17) is 0 Å². The van der Waals surface area contributed by atoms with Crippen LogP contribution in [0.4, 0.5) is 0 Å². The molecule has 0 N–H and O–H groups in total. The molecule has 0 bridgehead atoms. The van der Waals surface area contributed by atoms with Crippen LogP contribution in [0.2, 0.25) is 0 Å². The van der Waals surface area contributed by atoms with Crippen LogP contribution in [-0.4, -0.2) is 13.3 Å². The number of hydrogen-bond donors (Lipinski definition) is 0. The van der Waals surface area contributed by atoms with Crippen LogP contribution >= 0.6 is 0 Å². The minimum Gasteiger partial charge on any atom is -0.296 e. The maximum atomic E-state index is 3.87. The maximum absolute atomic E-state index is 3.87. The molecule has 0 saturated heterocycles. The monoisotopic (exact) mass is 365 g/mol. The smallest absolute Gasteiger partial charge is 0.0277 e. The summed E-state index contributed by atoms with van der Waals surface area (Å²) >= 11 is 0. The molecule has 0 atom stereocenters. The van der Waals surface area contributed by atoms with Crippen LogP contribution in [0.1, 0.15) is 72.1 Å². The molecule has 0 fully saturated rings. The summed E-state index contributed by atoms with van der Waals surface area (Å²) in [5.74, 6) is 5.36. The highest BCUT2D eigenvalue weighted by Crippen LogP contribution is 2.20. The van der Waals surface area contributed by atoms with Gasteiger partial charge in [-0.2, -0.15) is 0 Å². The molecule has 0 aliphatic carbocycles. The summed E-state index contributed by atoms with van der Waals surface area (Å²) < 4.78 is 0. The summed E-state index contributed by atoms with van der Waals surface area (Å²) in [7, 11) is 1.78. The highest BCUT2D eigenvalue weighted by atomic mass is 14.6. The Balaban J connectivity index is 0. The van der Waals surface area contributed by atoms with Crippen molar-refractivity contribution in [2.75, 3.05) is 7.05 Å². The molecule has 1 aromatic rings. The fourth-order valence-corrected chi connectivity index (χ4v) is 2.11. The zero-order chi connectivity index (χ0) is 21.4. The van der Waals surface area contributed by atoms with Gasteiger partial charge in [0.1, 0.15) is 0 Å². The van der Waals surface area contributed by atoms with E-state index in [0.717, 1.165) is 0 Å². The number of benzene rings is 1. The van der Waals surface area contributed by atoms with Gasteiger partial charge in [-0.3, -0.25) is 4.99 Å². The lowest BCUT2D eigenvalue weighted by Crippen LogP contribution is -1.86. The third-order valence-electron chi connectivity index (χ3n) is 3.67. The van der Waals surface area contributed by atoms with Gasteiger partial charge < -0.3 is 0 Å². The molecule has 0 radical (unpaired) electrons. The molecule has 1 nitrogen and oxygen atoms in total.